The van der Waals surface area contributed by atoms with E-state index in [-0.39, 0.29) is 11.8 Å². The van der Waals surface area contributed by atoms with Gasteiger partial charge in [-0.3, -0.25) is 9.59 Å². The number of carbonyl (C=O) groups excluding carboxylic acids is 3. The molecule has 1 unspecified atom stereocenters. The number of hydrogen-bond acceptors (Lipinski definition) is 5. The highest BCUT2D eigenvalue weighted by atomic mass is 16.5. The van der Waals surface area contributed by atoms with Gasteiger partial charge in [0, 0.05) is 0 Å². The van der Waals surface area contributed by atoms with Crippen molar-refractivity contribution >= 4 is 17.8 Å². The van der Waals surface area contributed by atoms with Crippen LogP contribution in [0.1, 0.15) is 41.0 Å². The lowest BCUT2D eigenvalue weighted by atomic mass is 10.00. The van der Waals surface area contributed by atoms with Gasteiger partial charge in [0.05, 0.1) is 13.2 Å². The second-order valence-electron chi connectivity index (χ2n) is 6.31. The zero-order chi connectivity index (χ0) is 17.5. The number of methoxy groups -OCH3 is 1. The molecule has 0 rings (SSSR count). The molecule has 128 valence electrons. The van der Waals surface area contributed by atoms with Gasteiger partial charge in [-0.2, -0.15) is 0 Å². The van der Waals surface area contributed by atoms with Crippen LogP contribution in [0.15, 0.2) is 0 Å². The minimum Gasteiger partial charge on any atom is -0.467 e. The maximum absolute atomic E-state index is 12.4. The molecular formula is C15H29N3O4. The van der Waals surface area contributed by atoms with E-state index >= 15 is 0 Å². The number of carbonyl (C=O) groups is 3. The first-order valence-electron chi connectivity index (χ1n) is 7.43. The molecule has 7 nitrogen and oxygen atoms in total. The van der Waals surface area contributed by atoms with Crippen molar-refractivity contribution < 1.29 is 19.1 Å². The Morgan fingerprint density at radius 2 is 1.64 bits per heavy atom. The van der Waals surface area contributed by atoms with Crippen LogP contribution in [0.2, 0.25) is 0 Å². The fourth-order valence-corrected chi connectivity index (χ4v) is 1.83. The Morgan fingerprint density at radius 3 is 2.05 bits per heavy atom. The first kappa shape index (κ1) is 20.4. The number of amides is 2. The summed E-state index contributed by atoms with van der Waals surface area (Å²) in [7, 11) is 2.93. The van der Waals surface area contributed by atoms with E-state index in [4.69, 9.17) is 0 Å². The first-order valence-corrected chi connectivity index (χ1v) is 7.43. The molecule has 22 heavy (non-hydrogen) atoms. The van der Waals surface area contributed by atoms with Crippen molar-refractivity contribution in [3.63, 3.8) is 0 Å². The zero-order valence-corrected chi connectivity index (χ0v) is 14.6. The van der Waals surface area contributed by atoms with Gasteiger partial charge >= 0.3 is 5.97 Å². The van der Waals surface area contributed by atoms with Crippen LogP contribution in [0.5, 0.6) is 0 Å². The third-order valence-corrected chi connectivity index (χ3v) is 3.30. The van der Waals surface area contributed by atoms with Crippen LogP contribution in [0.4, 0.5) is 0 Å². The van der Waals surface area contributed by atoms with Crippen LogP contribution >= 0.6 is 0 Å². The second-order valence-corrected chi connectivity index (χ2v) is 6.31. The second kappa shape index (κ2) is 8.73. The van der Waals surface area contributed by atoms with Crippen molar-refractivity contribution in [3.8, 4) is 0 Å². The molecular weight excluding hydrogens is 286 g/mol. The summed E-state index contributed by atoms with van der Waals surface area (Å²) in [4.78, 5) is 36.0. The van der Waals surface area contributed by atoms with Gasteiger partial charge in [-0.1, -0.05) is 13.8 Å². The summed E-state index contributed by atoms with van der Waals surface area (Å²) >= 11 is 0. The third-order valence-electron chi connectivity index (χ3n) is 3.30. The van der Waals surface area contributed by atoms with E-state index in [9.17, 15) is 14.4 Å². The average molecular weight is 315 g/mol. The molecule has 0 heterocycles. The first-order chi connectivity index (χ1) is 10.0. The fraction of sp³-hybridized carbons (Fsp3) is 0.800. The highest BCUT2D eigenvalue weighted by molar-refractivity contribution is 5.93. The minimum absolute atomic E-state index is 0.210. The van der Waals surface area contributed by atoms with E-state index in [2.05, 4.69) is 20.7 Å². The minimum atomic E-state index is -1.15. The highest BCUT2D eigenvalue weighted by Crippen LogP contribution is 2.09. The molecule has 0 aliphatic carbocycles. The van der Waals surface area contributed by atoms with Gasteiger partial charge in [0.2, 0.25) is 11.8 Å². The Hall–Kier alpha value is -1.63. The van der Waals surface area contributed by atoms with Gasteiger partial charge < -0.3 is 20.7 Å². The predicted octanol–water partition coefficient (Wildman–Crippen LogP) is 0.193. The predicted molar refractivity (Wildman–Crippen MR) is 84.1 cm³/mol. The number of rotatable bonds is 8. The Labute approximate surface area is 132 Å². The van der Waals surface area contributed by atoms with Crippen molar-refractivity contribution in [1.82, 2.24) is 16.0 Å². The van der Waals surface area contributed by atoms with E-state index in [1.54, 1.807) is 27.8 Å². The molecule has 0 spiro atoms. The molecule has 0 radical (unpaired) electrons. The van der Waals surface area contributed by atoms with Crippen LogP contribution in [0.25, 0.3) is 0 Å². The van der Waals surface area contributed by atoms with E-state index in [0.717, 1.165) is 0 Å². The van der Waals surface area contributed by atoms with Gasteiger partial charge in [-0.05, 0) is 40.2 Å². The van der Waals surface area contributed by atoms with Crippen molar-refractivity contribution in [1.29, 1.82) is 0 Å². The third kappa shape index (κ3) is 6.43. The summed E-state index contributed by atoms with van der Waals surface area (Å²) in [5, 5.41) is 8.16. The van der Waals surface area contributed by atoms with Crippen molar-refractivity contribution in [2.24, 2.45) is 5.92 Å². The molecule has 2 amide bonds. The van der Waals surface area contributed by atoms with E-state index in [1.807, 2.05) is 13.8 Å². The molecule has 0 aliphatic heterocycles. The molecule has 0 aromatic carbocycles. The lowest BCUT2D eigenvalue weighted by Crippen LogP contribution is -2.58. The molecule has 0 fully saturated rings. The molecule has 0 aromatic heterocycles. The topological polar surface area (TPSA) is 96.5 Å². The van der Waals surface area contributed by atoms with Crippen LogP contribution in [0.3, 0.4) is 0 Å². The van der Waals surface area contributed by atoms with Crippen molar-refractivity contribution in [2.45, 2.75) is 58.7 Å². The van der Waals surface area contributed by atoms with Crippen LogP contribution in [-0.2, 0) is 19.1 Å². The van der Waals surface area contributed by atoms with Gasteiger partial charge in [0.25, 0.3) is 0 Å². The van der Waals surface area contributed by atoms with Gasteiger partial charge in [-0.25, -0.2) is 4.79 Å². The van der Waals surface area contributed by atoms with E-state index in [1.165, 1.54) is 7.11 Å². The number of nitrogens with one attached hydrogen (secondary N) is 3. The molecule has 7 heteroatoms. The SMILES string of the molecule is CNC(C)C(=O)N[C@@H](CC(C)C)C(=O)NC(C)(C)C(=O)OC. The maximum atomic E-state index is 12.4. The Kier molecular flexibility index (Phi) is 8.08. The number of ether oxygens (including phenoxy) is 1. The molecule has 0 saturated carbocycles. The van der Waals surface area contributed by atoms with Crippen molar-refractivity contribution in [3.05, 3.63) is 0 Å². The van der Waals surface area contributed by atoms with Gasteiger partial charge in [0.15, 0.2) is 0 Å². The largest absolute Gasteiger partial charge is 0.467 e. The Balaban J connectivity index is 4.99. The van der Waals surface area contributed by atoms with E-state index < -0.39 is 29.5 Å². The number of esters is 1. The van der Waals surface area contributed by atoms with E-state index in [0.29, 0.717) is 6.42 Å². The summed E-state index contributed by atoms with van der Waals surface area (Å²) in [5.41, 5.74) is -1.15. The summed E-state index contributed by atoms with van der Waals surface area (Å²) < 4.78 is 4.66. The summed E-state index contributed by atoms with van der Waals surface area (Å²) in [6, 6.07) is -1.11. The molecule has 2 atom stereocenters. The van der Waals surface area contributed by atoms with Gasteiger partial charge in [-0.15, -0.1) is 0 Å². The molecule has 0 aromatic rings. The molecule has 3 N–H and O–H groups in total. The zero-order valence-electron chi connectivity index (χ0n) is 14.6. The van der Waals surface area contributed by atoms with Gasteiger partial charge in [0.1, 0.15) is 11.6 Å². The maximum Gasteiger partial charge on any atom is 0.330 e. The lowest BCUT2D eigenvalue weighted by molar-refractivity contribution is -0.149. The number of likely N-dealkylation sites (N-methyl/N-ethyl adjacent to an activating group) is 1. The molecule has 0 aliphatic rings. The number of hydrogen-bond donors (Lipinski definition) is 3. The summed E-state index contributed by atoms with van der Waals surface area (Å²) in [6.45, 7) is 8.74. The van der Waals surface area contributed by atoms with Crippen molar-refractivity contribution in [2.75, 3.05) is 14.2 Å². The average Bonchev–Trinajstić information content (AvgIpc) is 2.43. The van der Waals surface area contributed by atoms with Crippen LogP contribution < -0.4 is 16.0 Å². The van der Waals surface area contributed by atoms with Crippen LogP contribution in [-0.4, -0.2) is 49.6 Å². The monoisotopic (exact) mass is 315 g/mol. The lowest BCUT2D eigenvalue weighted by Gasteiger charge is -2.28. The standard InChI is InChI=1S/C15H29N3O4/c1-9(2)8-11(17-12(19)10(3)16-6)13(20)18-15(4,5)14(21)22-7/h9-11,16H,8H2,1-7H3,(H,17,19)(H,18,20)/t10?,11-/m0/s1. The normalized spacial score (nSPS) is 14.2. The summed E-state index contributed by atoms with van der Waals surface area (Å²) in [6.07, 6.45) is 0.477. The van der Waals surface area contributed by atoms with Crippen LogP contribution in [0, 0.1) is 5.92 Å². The molecule has 0 bridgehead atoms. The Morgan fingerprint density at radius 1 is 1.09 bits per heavy atom. The Bertz CT molecular complexity index is 408. The molecule has 0 saturated heterocycles. The quantitative estimate of drug-likeness (QED) is 0.556. The summed E-state index contributed by atoms with van der Waals surface area (Å²) in [5.74, 6) is -0.999. The fourth-order valence-electron chi connectivity index (χ4n) is 1.83. The smallest absolute Gasteiger partial charge is 0.330 e. The highest BCUT2D eigenvalue weighted by Gasteiger charge is 2.34.